The van der Waals surface area contributed by atoms with Crippen LogP contribution in [0.3, 0.4) is 0 Å². The Hall–Kier alpha value is -1.82. The molecule has 110 valence electrons. The number of hydrogen-bond acceptors (Lipinski definition) is 4. The van der Waals surface area contributed by atoms with E-state index in [1.165, 1.54) is 0 Å². The van der Waals surface area contributed by atoms with Crippen LogP contribution in [0.4, 0.5) is 16.3 Å². The van der Waals surface area contributed by atoms with Gasteiger partial charge in [0.25, 0.3) is 0 Å². The number of hydrogen-bond donors (Lipinski definition) is 3. The minimum absolute atomic E-state index is 0.176. The molecule has 1 heterocycles. The molecule has 0 bridgehead atoms. The molecular weight excluding hydrogens is 256 g/mol. The smallest absolute Gasteiger partial charge is 0.319 e. The highest BCUT2D eigenvalue weighted by Gasteiger charge is 2.25. The molecule has 6 heteroatoms. The van der Waals surface area contributed by atoms with E-state index >= 15 is 0 Å². The molecule has 1 aliphatic rings. The van der Waals surface area contributed by atoms with Gasteiger partial charge in [0.1, 0.15) is 5.82 Å². The normalized spacial score (nSPS) is 21.6. The topological polar surface area (TPSA) is 77.5 Å². The van der Waals surface area contributed by atoms with Gasteiger partial charge in [0.05, 0.1) is 18.0 Å². The molecule has 1 aromatic heterocycles. The van der Waals surface area contributed by atoms with Crippen LogP contribution in [0, 0.1) is 5.92 Å². The summed E-state index contributed by atoms with van der Waals surface area (Å²) in [6.45, 7) is 0.510. The number of rotatable bonds is 4. The number of aromatic nitrogens is 1. The van der Waals surface area contributed by atoms with Gasteiger partial charge in [0, 0.05) is 26.6 Å². The first-order valence-electron chi connectivity index (χ1n) is 6.92. The van der Waals surface area contributed by atoms with Gasteiger partial charge in [-0.3, -0.25) is 0 Å². The molecular formula is C14H22N4O2. The van der Waals surface area contributed by atoms with Gasteiger partial charge in [-0.25, -0.2) is 9.78 Å². The minimum Gasteiger partial charge on any atom is -0.393 e. The summed E-state index contributed by atoms with van der Waals surface area (Å²) in [6.07, 6.45) is 4.19. The summed E-state index contributed by atoms with van der Waals surface area (Å²) >= 11 is 0. The fourth-order valence-electron chi connectivity index (χ4n) is 2.38. The molecule has 0 aliphatic heterocycles. The second kappa shape index (κ2) is 6.56. The Morgan fingerprint density at radius 1 is 1.45 bits per heavy atom. The number of nitrogens with zero attached hydrogens (tertiary/aromatic N) is 2. The first kappa shape index (κ1) is 14.6. The van der Waals surface area contributed by atoms with Crippen LogP contribution in [0.25, 0.3) is 0 Å². The van der Waals surface area contributed by atoms with Gasteiger partial charge in [-0.05, 0) is 25.0 Å². The lowest BCUT2D eigenvalue weighted by Crippen LogP contribution is -2.35. The third kappa shape index (κ3) is 3.84. The molecule has 1 aliphatic carbocycles. The standard InChI is InChI=1S/C14H22N4O2/c1-18(2)13-7-6-11(9-15-13)17-14(20)16-8-10-4-3-5-12(10)19/h6-7,9-10,12,19H,3-5,8H2,1-2H3,(H2,16,17,20)/t10-,12-/m1/s1. The van der Waals surface area contributed by atoms with E-state index in [1.807, 2.05) is 31.1 Å². The Balaban J connectivity index is 1.79. The predicted molar refractivity (Wildman–Crippen MR) is 78.9 cm³/mol. The lowest BCUT2D eigenvalue weighted by molar-refractivity contribution is 0.133. The van der Waals surface area contributed by atoms with Crippen LogP contribution < -0.4 is 15.5 Å². The number of aliphatic hydroxyl groups excluding tert-OH is 1. The van der Waals surface area contributed by atoms with Gasteiger partial charge in [0.15, 0.2) is 0 Å². The number of anilines is 2. The monoisotopic (exact) mass is 278 g/mol. The summed E-state index contributed by atoms with van der Waals surface area (Å²) < 4.78 is 0. The van der Waals surface area contributed by atoms with Crippen molar-refractivity contribution in [3.63, 3.8) is 0 Å². The molecule has 2 rings (SSSR count). The first-order valence-corrected chi connectivity index (χ1v) is 6.92. The summed E-state index contributed by atoms with van der Waals surface area (Å²) in [4.78, 5) is 17.9. The number of nitrogens with one attached hydrogen (secondary N) is 2. The minimum atomic E-state index is -0.281. The summed E-state index contributed by atoms with van der Waals surface area (Å²) in [7, 11) is 3.82. The Morgan fingerprint density at radius 3 is 2.80 bits per heavy atom. The van der Waals surface area contributed by atoms with Crippen molar-refractivity contribution in [1.29, 1.82) is 0 Å². The van der Waals surface area contributed by atoms with E-state index in [9.17, 15) is 9.90 Å². The maximum absolute atomic E-state index is 11.8. The van der Waals surface area contributed by atoms with Gasteiger partial charge >= 0.3 is 6.03 Å². The van der Waals surface area contributed by atoms with E-state index in [4.69, 9.17) is 0 Å². The maximum atomic E-state index is 11.8. The molecule has 3 N–H and O–H groups in total. The zero-order chi connectivity index (χ0) is 14.5. The molecule has 0 aromatic carbocycles. The van der Waals surface area contributed by atoms with Crippen LogP contribution in [0.1, 0.15) is 19.3 Å². The van der Waals surface area contributed by atoms with Crippen molar-refractivity contribution < 1.29 is 9.90 Å². The lowest BCUT2D eigenvalue weighted by Gasteiger charge is -2.15. The molecule has 2 amide bonds. The SMILES string of the molecule is CN(C)c1ccc(NC(=O)NC[C@H]2CCC[C@H]2O)cn1. The fraction of sp³-hybridized carbons (Fsp3) is 0.571. The van der Waals surface area contributed by atoms with Crippen LogP contribution >= 0.6 is 0 Å². The van der Waals surface area contributed by atoms with Crippen molar-refractivity contribution >= 4 is 17.5 Å². The van der Waals surface area contributed by atoms with Crippen LogP contribution in [0.2, 0.25) is 0 Å². The molecule has 0 radical (unpaired) electrons. The van der Waals surface area contributed by atoms with Crippen LogP contribution in [-0.2, 0) is 0 Å². The van der Waals surface area contributed by atoms with Crippen molar-refractivity contribution in [2.24, 2.45) is 5.92 Å². The number of pyridine rings is 1. The molecule has 1 fully saturated rings. The molecule has 1 aromatic rings. The van der Waals surface area contributed by atoms with Crippen molar-refractivity contribution in [1.82, 2.24) is 10.3 Å². The van der Waals surface area contributed by atoms with Gasteiger partial charge in [0.2, 0.25) is 0 Å². The lowest BCUT2D eigenvalue weighted by atomic mass is 10.1. The van der Waals surface area contributed by atoms with E-state index in [-0.39, 0.29) is 18.1 Å². The average Bonchev–Trinajstić information content (AvgIpc) is 2.82. The summed E-state index contributed by atoms with van der Waals surface area (Å²) in [6, 6.07) is 3.39. The van der Waals surface area contributed by atoms with Crippen LogP contribution in [0.5, 0.6) is 0 Å². The predicted octanol–water partition coefficient (Wildman–Crippen LogP) is 1.43. The number of amides is 2. The molecule has 2 atom stereocenters. The first-order chi connectivity index (χ1) is 9.56. The van der Waals surface area contributed by atoms with Crippen molar-refractivity contribution in [2.75, 3.05) is 30.9 Å². The third-order valence-electron chi connectivity index (χ3n) is 3.61. The molecule has 0 unspecified atom stereocenters. The van der Waals surface area contributed by atoms with Gasteiger partial charge in [-0.1, -0.05) is 6.42 Å². The maximum Gasteiger partial charge on any atom is 0.319 e. The molecule has 6 nitrogen and oxygen atoms in total. The summed E-state index contributed by atoms with van der Waals surface area (Å²) in [5.41, 5.74) is 0.653. The summed E-state index contributed by atoms with van der Waals surface area (Å²) in [5.74, 6) is 1.01. The van der Waals surface area contributed by atoms with Gasteiger partial charge in [-0.2, -0.15) is 0 Å². The van der Waals surface area contributed by atoms with Crippen molar-refractivity contribution in [3.8, 4) is 0 Å². The number of aliphatic hydroxyl groups is 1. The van der Waals surface area contributed by atoms with Crippen molar-refractivity contribution in [3.05, 3.63) is 18.3 Å². The van der Waals surface area contributed by atoms with E-state index in [0.717, 1.165) is 25.1 Å². The zero-order valence-electron chi connectivity index (χ0n) is 12.0. The highest BCUT2D eigenvalue weighted by Crippen LogP contribution is 2.24. The second-order valence-electron chi connectivity index (χ2n) is 5.39. The Bertz CT molecular complexity index is 447. The number of carbonyl (C=O) groups excluding carboxylic acids is 1. The van der Waals surface area contributed by atoms with Crippen LogP contribution in [0.15, 0.2) is 18.3 Å². The highest BCUT2D eigenvalue weighted by atomic mass is 16.3. The quantitative estimate of drug-likeness (QED) is 0.778. The molecule has 1 saturated carbocycles. The third-order valence-corrected chi connectivity index (χ3v) is 3.61. The van der Waals surface area contributed by atoms with Crippen molar-refractivity contribution in [2.45, 2.75) is 25.4 Å². The van der Waals surface area contributed by atoms with Crippen LogP contribution in [-0.4, -0.2) is 42.9 Å². The Labute approximate surface area is 119 Å². The second-order valence-corrected chi connectivity index (χ2v) is 5.39. The van der Waals surface area contributed by atoms with E-state index < -0.39 is 0 Å². The molecule has 20 heavy (non-hydrogen) atoms. The van der Waals surface area contributed by atoms with Gasteiger partial charge in [-0.15, -0.1) is 0 Å². The average molecular weight is 278 g/mol. The number of carbonyl (C=O) groups is 1. The largest absolute Gasteiger partial charge is 0.393 e. The Kier molecular flexibility index (Phi) is 4.79. The van der Waals surface area contributed by atoms with E-state index in [2.05, 4.69) is 15.6 Å². The van der Waals surface area contributed by atoms with E-state index in [1.54, 1.807) is 6.20 Å². The zero-order valence-corrected chi connectivity index (χ0v) is 12.0. The highest BCUT2D eigenvalue weighted by molar-refractivity contribution is 5.89. The van der Waals surface area contributed by atoms with Gasteiger partial charge < -0.3 is 20.6 Å². The Morgan fingerprint density at radius 2 is 2.25 bits per heavy atom. The van der Waals surface area contributed by atoms with E-state index in [0.29, 0.717) is 12.2 Å². The summed E-state index contributed by atoms with van der Waals surface area (Å²) in [5, 5.41) is 15.2. The number of urea groups is 1. The molecule has 0 spiro atoms. The fourth-order valence-corrected chi connectivity index (χ4v) is 2.38. The molecule has 0 saturated heterocycles.